The molecule has 0 amide bonds. The van der Waals surface area contributed by atoms with Crippen molar-refractivity contribution in [3.63, 3.8) is 0 Å². The average Bonchev–Trinajstić information content (AvgIpc) is 2.27. The zero-order chi connectivity index (χ0) is 12.7. The number of rotatable bonds is 6. The monoisotopic (exact) mass is 238 g/mol. The molecule has 0 spiro atoms. The van der Waals surface area contributed by atoms with Crippen LogP contribution in [-0.2, 0) is 22.6 Å². The third-order valence-corrected chi connectivity index (χ3v) is 2.20. The normalized spacial score (nSPS) is 11.8. The number of hydrogen-bond donors (Lipinski definition) is 1. The number of hydrogen-bond acceptors (Lipinski definition) is 4. The van der Waals surface area contributed by atoms with Crippen molar-refractivity contribution in [2.45, 2.75) is 39.5 Å². The molecule has 1 aromatic heterocycles. The predicted molar refractivity (Wildman–Crippen MR) is 67.5 cm³/mol. The molecule has 0 saturated carbocycles. The Morgan fingerprint density at radius 3 is 2.71 bits per heavy atom. The summed E-state index contributed by atoms with van der Waals surface area (Å²) in [4.78, 5) is 4.20. The van der Waals surface area contributed by atoms with E-state index in [0.717, 1.165) is 11.3 Å². The molecular formula is C13H22N2O2. The maximum absolute atomic E-state index is 5.60. The second-order valence-electron chi connectivity index (χ2n) is 4.83. The van der Waals surface area contributed by atoms with Crippen LogP contribution in [0.3, 0.4) is 0 Å². The molecule has 0 radical (unpaired) electrons. The molecule has 2 N–H and O–H groups in total. The van der Waals surface area contributed by atoms with Gasteiger partial charge in [-0.3, -0.25) is 4.98 Å². The van der Waals surface area contributed by atoms with Gasteiger partial charge >= 0.3 is 0 Å². The Bertz CT molecular complexity index is 334. The summed E-state index contributed by atoms with van der Waals surface area (Å²) in [6, 6.07) is 3.88. The van der Waals surface area contributed by atoms with Crippen molar-refractivity contribution in [3.05, 3.63) is 29.6 Å². The first-order valence-corrected chi connectivity index (χ1v) is 5.87. The summed E-state index contributed by atoms with van der Waals surface area (Å²) in [6.45, 7) is 8.24. The van der Waals surface area contributed by atoms with Crippen molar-refractivity contribution in [3.8, 4) is 0 Å². The summed E-state index contributed by atoms with van der Waals surface area (Å²) in [5.41, 5.74) is 7.42. The minimum absolute atomic E-state index is 0.111. The zero-order valence-electron chi connectivity index (χ0n) is 10.9. The lowest BCUT2D eigenvalue weighted by molar-refractivity contribution is -0.0377. The third-order valence-electron chi connectivity index (χ3n) is 2.20. The lowest BCUT2D eigenvalue weighted by Gasteiger charge is -2.19. The van der Waals surface area contributed by atoms with Gasteiger partial charge in [0.2, 0.25) is 0 Å². The summed E-state index contributed by atoms with van der Waals surface area (Å²) >= 11 is 0. The van der Waals surface area contributed by atoms with Gasteiger partial charge in [-0.2, -0.15) is 0 Å². The average molecular weight is 238 g/mol. The Balaban J connectivity index is 2.27. The molecular weight excluding hydrogens is 216 g/mol. The maximum Gasteiger partial charge on any atom is 0.0736 e. The number of aromatic nitrogens is 1. The highest BCUT2D eigenvalue weighted by Gasteiger charge is 2.09. The molecule has 1 aromatic rings. The van der Waals surface area contributed by atoms with E-state index >= 15 is 0 Å². The Labute approximate surface area is 103 Å². The number of nitrogens with two attached hydrogens (primary N) is 1. The van der Waals surface area contributed by atoms with E-state index in [4.69, 9.17) is 15.2 Å². The lowest BCUT2D eigenvalue weighted by atomic mass is 10.2. The van der Waals surface area contributed by atoms with Gasteiger partial charge in [-0.1, -0.05) is 6.07 Å². The van der Waals surface area contributed by atoms with E-state index < -0.39 is 0 Å². The second kappa shape index (κ2) is 6.69. The Hall–Kier alpha value is -0.970. The first kappa shape index (κ1) is 14.1. The van der Waals surface area contributed by atoms with Crippen LogP contribution in [0, 0.1) is 0 Å². The van der Waals surface area contributed by atoms with Crippen molar-refractivity contribution in [1.29, 1.82) is 0 Å². The summed E-state index contributed by atoms with van der Waals surface area (Å²) < 4.78 is 11.1. The van der Waals surface area contributed by atoms with E-state index in [1.165, 1.54) is 0 Å². The first-order valence-electron chi connectivity index (χ1n) is 5.87. The fraction of sp³-hybridized carbons (Fsp3) is 0.615. The topological polar surface area (TPSA) is 57.4 Å². The van der Waals surface area contributed by atoms with Gasteiger partial charge in [0, 0.05) is 18.3 Å². The van der Waals surface area contributed by atoms with Crippen molar-refractivity contribution < 1.29 is 9.47 Å². The summed E-state index contributed by atoms with van der Waals surface area (Å²) in [5.74, 6) is 0. The van der Waals surface area contributed by atoms with Gasteiger partial charge in [0.25, 0.3) is 0 Å². The van der Waals surface area contributed by atoms with E-state index in [1.807, 2.05) is 32.9 Å². The molecule has 0 aliphatic carbocycles. The lowest BCUT2D eigenvalue weighted by Crippen LogP contribution is -2.21. The smallest absolute Gasteiger partial charge is 0.0736 e. The van der Waals surface area contributed by atoms with E-state index in [0.29, 0.717) is 26.4 Å². The van der Waals surface area contributed by atoms with Gasteiger partial charge < -0.3 is 15.2 Å². The molecule has 0 bridgehead atoms. The van der Waals surface area contributed by atoms with Crippen LogP contribution in [0.2, 0.25) is 0 Å². The second-order valence-corrected chi connectivity index (χ2v) is 4.83. The molecule has 0 aliphatic rings. The summed E-state index contributed by atoms with van der Waals surface area (Å²) in [6.07, 6.45) is 1.74. The molecule has 4 nitrogen and oxygen atoms in total. The number of ether oxygens (including phenoxy) is 2. The predicted octanol–water partition coefficient (Wildman–Crippen LogP) is 1.87. The molecule has 0 saturated heterocycles. The highest BCUT2D eigenvalue weighted by atomic mass is 16.5. The largest absolute Gasteiger partial charge is 0.374 e. The molecule has 0 aromatic carbocycles. The Kier molecular flexibility index (Phi) is 5.55. The number of nitrogens with zero attached hydrogens (tertiary/aromatic N) is 1. The molecule has 0 unspecified atom stereocenters. The van der Waals surface area contributed by atoms with E-state index in [1.54, 1.807) is 6.20 Å². The van der Waals surface area contributed by atoms with E-state index in [2.05, 4.69) is 4.98 Å². The van der Waals surface area contributed by atoms with Gasteiger partial charge in [0.1, 0.15) is 0 Å². The summed E-state index contributed by atoms with van der Waals surface area (Å²) in [7, 11) is 0. The quantitative estimate of drug-likeness (QED) is 0.769. The van der Waals surface area contributed by atoms with Gasteiger partial charge in [0.15, 0.2) is 0 Å². The Morgan fingerprint density at radius 1 is 1.29 bits per heavy atom. The van der Waals surface area contributed by atoms with Gasteiger partial charge in [-0.15, -0.1) is 0 Å². The maximum atomic E-state index is 5.60. The highest BCUT2D eigenvalue weighted by Crippen LogP contribution is 2.08. The zero-order valence-corrected chi connectivity index (χ0v) is 10.9. The number of pyridine rings is 1. The molecule has 4 heteroatoms. The van der Waals surface area contributed by atoms with Gasteiger partial charge in [-0.25, -0.2) is 0 Å². The van der Waals surface area contributed by atoms with Crippen LogP contribution in [0.15, 0.2) is 18.3 Å². The van der Waals surface area contributed by atoms with Crippen LogP contribution >= 0.6 is 0 Å². The molecule has 96 valence electrons. The fourth-order valence-corrected chi connectivity index (χ4v) is 1.38. The van der Waals surface area contributed by atoms with Crippen LogP contribution in [0.25, 0.3) is 0 Å². The van der Waals surface area contributed by atoms with Gasteiger partial charge in [0.05, 0.1) is 31.1 Å². The molecule has 1 heterocycles. The van der Waals surface area contributed by atoms with Crippen LogP contribution in [0.1, 0.15) is 32.0 Å². The minimum atomic E-state index is -0.111. The SMILES string of the molecule is CC(C)(C)OCCOCc1cccnc1CN. The fourth-order valence-electron chi connectivity index (χ4n) is 1.38. The van der Waals surface area contributed by atoms with Crippen LogP contribution in [-0.4, -0.2) is 23.8 Å². The molecule has 1 rings (SSSR count). The van der Waals surface area contributed by atoms with Crippen molar-refractivity contribution in [1.82, 2.24) is 4.98 Å². The Morgan fingerprint density at radius 2 is 2.06 bits per heavy atom. The molecule has 17 heavy (non-hydrogen) atoms. The van der Waals surface area contributed by atoms with E-state index in [-0.39, 0.29) is 5.60 Å². The van der Waals surface area contributed by atoms with Gasteiger partial charge in [-0.05, 0) is 26.8 Å². The van der Waals surface area contributed by atoms with Crippen molar-refractivity contribution in [2.24, 2.45) is 5.73 Å². The van der Waals surface area contributed by atoms with Crippen molar-refractivity contribution >= 4 is 0 Å². The first-order chi connectivity index (χ1) is 8.03. The minimum Gasteiger partial charge on any atom is -0.374 e. The molecule has 0 atom stereocenters. The summed E-state index contributed by atoms with van der Waals surface area (Å²) in [5, 5.41) is 0. The third kappa shape index (κ3) is 5.77. The van der Waals surface area contributed by atoms with E-state index in [9.17, 15) is 0 Å². The standard InChI is InChI=1S/C13H22N2O2/c1-13(2,3)17-8-7-16-10-11-5-4-6-15-12(11)9-14/h4-6H,7-10,14H2,1-3H3. The van der Waals surface area contributed by atoms with Crippen LogP contribution in [0.4, 0.5) is 0 Å². The van der Waals surface area contributed by atoms with Crippen LogP contribution < -0.4 is 5.73 Å². The van der Waals surface area contributed by atoms with Crippen LogP contribution in [0.5, 0.6) is 0 Å². The van der Waals surface area contributed by atoms with Crippen molar-refractivity contribution in [2.75, 3.05) is 13.2 Å². The molecule has 0 fully saturated rings. The highest BCUT2D eigenvalue weighted by molar-refractivity contribution is 5.18. The molecule has 0 aliphatic heterocycles.